The summed E-state index contributed by atoms with van der Waals surface area (Å²) in [5.41, 5.74) is 0. The zero-order valence-electron chi connectivity index (χ0n) is 11.9. The van der Waals surface area contributed by atoms with Gasteiger partial charge in [-0.15, -0.1) is 0 Å². The molecular weight excluding hydrogens is 244 g/mol. The van der Waals surface area contributed by atoms with E-state index >= 15 is 0 Å². The Balaban J connectivity index is -0.000000174. The highest BCUT2D eigenvalue weighted by atomic mass is 32.3. The van der Waals surface area contributed by atoms with Crippen molar-refractivity contribution in [1.82, 2.24) is 0 Å². The zero-order chi connectivity index (χ0) is 14.5. The first-order valence-electron chi connectivity index (χ1n) is 5.79. The summed E-state index contributed by atoms with van der Waals surface area (Å²) < 4.78 is 34.1. The van der Waals surface area contributed by atoms with Gasteiger partial charge in [0.2, 0.25) is 0 Å². The van der Waals surface area contributed by atoms with Gasteiger partial charge in [-0.3, -0.25) is 8.42 Å². The van der Waals surface area contributed by atoms with Crippen LogP contribution >= 0.6 is 0 Å². The number of quaternary nitrogens is 2. The summed E-state index contributed by atoms with van der Waals surface area (Å²) in [6.45, 7) is 6.99. The van der Waals surface area contributed by atoms with Gasteiger partial charge in [0.25, 0.3) is 0 Å². The van der Waals surface area contributed by atoms with Crippen molar-refractivity contribution in [3.05, 3.63) is 0 Å². The molecule has 0 unspecified atom stereocenters. The van der Waals surface area contributed by atoms with Gasteiger partial charge >= 0.3 is 0 Å². The van der Waals surface area contributed by atoms with Gasteiger partial charge < -0.3 is 18.9 Å². The van der Waals surface area contributed by atoms with E-state index in [0.29, 0.717) is 0 Å². The molecule has 0 aliphatic heterocycles. The maximum Gasteiger partial charge on any atom is 0.0764 e. The molecule has 0 saturated carbocycles. The minimum atomic E-state index is -5.17. The van der Waals surface area contributed by atoms with Crippen molar-refractivity contribution in [2.45, 2.75) is 26.7 Å². The van der Waals surface area contributed by atoms with Gasteiger partial charge in [0.1, 0.15) is 0 Å². The summed E-state index contributed by atoms with van der Waals surface area (Å²) in [6, 6.07) is 0. The van der Waals surface area contributed by atoms with Gasteiger partial charge in [-0.05, 0) is 12.8 Å². The highest BCUT2D eigenvalue weighted by Gasteiger charge is 1.83. The first-order chi connectivity index (χ1) is 7.54. The minimum absolute atomic E-state index is 1.29. The predicted molar refractivity (Wildman–Crippen MR) is 66.4 cm³/mol. The molecule has 0 aromatic rings. The van der Waals surface area contributed by atoms with E-state index < -0.39 is 10.4 Å². The Labute approximate surface area is 106 Å². The van der Waals surface area contributed by atoms with Crippen LogP contribution in [-0.4, -0.2) is 58.8 Å². The molecule has 0 spiro atoms. The molecule has 0 bridgehead atoms. The van der Waals surface area contributed by atoms with Gasteiger partial charge in [-0.2, -0.15) is 0 Å². The number of hydrogen-bond donors (Lipinski definition) is 2. The number of nitrogens with one attached hydrogen (secondary N) is 2. The molecule has 0 aromatic heterocycles. The molecule has 0 aromatic carbocycles. The molecular formula is C10H28N2O4S. The molecule has 0 atom stereocenters. The van der Waals surface area contributed by atoms with Crippen molar-refractivity contribution in [1.29, 1.82) is 0 Å². The van der Waals surface area contributed by atoms with Crippen molar-refractivity contribution in [3.63, 3.8) is 0 Å². The number of hydrogen-bond acceptors (Lipinski definition) is 4. The van der Waals surface area contributed by atoms with Crippen LogP contribution < -0.4 is 9.80 Å². The van der Waals surface area contributed by atoms with E-state index in [9.17, 15) is 0 Å². The van der Waals surface area contributed by atoms with Gasteiger partial charge in [-0.25, -0.2) is 0 Å². The highest BCUT2D eigenvalue weighted by Crippen LogP contribution is 1.59. The second-order valence-electron chi connectivity index (χ2n) is 4.32. The molecule has 0 heterocycles. The lowest BCUT2D eigenvalue weighted by atomic mass is 10.5. The largest absolute Gasteiger partial charge is 0.759 e. The molecule has 0 aliphatic rings. The van der Waals surface area contributed by atoms with Crippen LogP contribution in [0.5, 0.6) is 0 Å². The van der Waals surface area contributed by atoms with Gasteiger partial charge in [0, 0.05) is 10.4 Å². The normalized spacial score (nSPS) is 10.5. The Morgan fingerprint density at radius 2 is 1.00 bits per heavy atom. The molecule has 0 amide bonds. The number of rotatable bonds is 4. The van der Waals surface area contributed by atoms with Crippen molar-refractivity contribution < 1.29 is 27.3 Å². The molecule has 0 radical (unpaired) electrons. The summed E-state index contributed by atoms with van der Waals surface area (Å²) in [4.78, 5) is 3.08. The van der Waals surface area contributed by atoms with E-state index in [1.807, 2.05) is 0 Å². The third-order valence-electron chi connectivity index (χ3n) is 1.50. The average Bonchev–Trinajstić information content (AvgIpc) is 2.00. The van der Waals surface area contributed by atoms with Crippen molar-refractivity contribution >= 4 is 10.4 Å². The van der Waals surface area contributed by atoms with Gasteiger partial charge in [-0.1, -0.05) is 13.8 Å². The monoisotopic (exact) mass is 272 g/mol. The van der Waals surface area contributed by atoms with Crippen LogP contribution in [0, 0.1) is 0 Å². The van der Waals surface area contributed by atoms with Crippen molar-refractivity contribution in [2.75, 3.05) is 41.3 Å². The fraction of sp³-hybridized carbons (Fsp3) is 1.00. The Morgan fingerprint density at radius 1 is 0.824 bits per heavy atom. The van der Waals surface area contributed by atoms with Gasteiger partial charge in [0.15, 0.2) is 0 Å². The fourth-order valence-electron chi connectivity index (χ4n) is 1.000. The maximum atomic E-state index is 8.52. The third-order valence-corrected chi connectivity index (χ3v) is 1.50. The molecule has 17 heavy (non-hydrogen) atoms. The molecule has 0 fully saturated rings. The lowest BCUT2D eigenvalue weighted by molar-refractivity contribution is -0.858. The molecule has 2 N–H and O–H groups in total. The summed E-state index contributed by atoms with van der Waals surface area (Å²) in [6.07, 6.45) is 2.59. The van der Waals surface area contributed by atoms with E-state index in [-0.39, 0.29) is 0 Å². The Morgan fingerprint density at radius 3 is 1.00 bits per heavy atom. The minimum Gasteiger partial charge on any atom is -0.759 e. The fourth-order valence-corrected chi connectivity index (χ4v) is 1.000. The average molecular weight is 272 g/mol. The predicted octanol–water partition coefficient (Wildman–Crippen LogP) is -2.26. The SMILES string of the molecule is CCC[NH+](C)C.CCC[NH+](C)C.O=S(=O)([O-])[O-]. The molecule has 0 saturated heterocycles. The summed E-state index contributed by atoms with van der Waals surface area (Å²) in [7, 11) is 3.51. The smallest absolute Gasteiger partial charge is 0.0764 e. The molecule has 0 rings (SSSR count). The summed E-state index contributed by atoms with van der Waals surface area (Å²) in [5.74, 6) is 0. The second kappa shape index (κ2) is 13.9. The van der Waals surface area contributed by atoms with Crippen LogP contribution in [0.15, 0.2) is 0 Å². The standard InChI is InChI=1S/2C5H13N.H2O4S/c2*1-4-5-6(2)3;1-5(2,3)4/h2*4-5H2,1-3H3;(H2,1,2,3,4). The van der Waals surface area contributed by atoms with Crippen LogP contribution in [0.1, 0.15) is 26.7 Å². The van der Waals surface area contributed by atoms with Crippen molar-refractivity contribution in [3.8, 4) is 0 Å². The first kappa shape index (κ1) is 22.0. The summed E-state index contributed by atoms with van der Waals surface area (Å²) >= 11 is 0. The van der Waals surface area contributed by atoms with E-state index in [1.54, 1.807) is 0 Å². The first-order valence-corrected chi connectivity index (χ1v) is 7.12. The molecule has 7 heteroatoms. The Kier molecular flexibility index (Phi) is 17.9. The topological polar surface area (TPSA) is 89.1 Å². The summed E-state index contributed by atoms with van der Waals surface area (Å²) in [5, 5.41) is 0. The molecule has 108 valence electrons. The third kappa shape index (κ3) is 89.6. The lowest BCUT2D eigenvalue weighted by Gasteiger charge is -2.06. The zero-order valence-corrected chi connectivity index (χ0v) is 12.7. The van der Waals surface area contributed by atoms with Crippen molar-refractivity contribution in [2.24, 2.45) is 0 Å². The Bertz CT molecular complexity index is 210. The van der Waals surface area contributed by atoms with Crippen LogP contribution in [0.2, 0.25) is 0 Å². The van der Waals surface area contributed by atoms with E-state index in [4.69, 9.17) is 17.5 Å². The van der Waals surface area contributed by atoms with Crippen LogP contribution in [-0.2, 0) is 10.4 Å². The van der Waals surface area contributed by atoms with E-state index in [2.05, 4.69) is 42.0 Å². The molecule has 0 aliphatic carbocycles. The van der Waals surface area contributed by atoms with E-state index in [0.717, 1.165) is 0 Å². The quantitative estimate of drug-likeness (QED) is 0.447. The molecule has 6 nitrogen and oxygen atoms in total. The van der Waals surface area contributed by atoms with Crippen LogP contribution in [0.4, 0.5) is 0 Å². The van der Waals surface area contributed by atoms with Crippen LogP contribution in [0.3, 0.4) is 0 Å². The Hall–Kier alpha value is -0.210. The lowest BCUT2D eigenvalue weighted by Crippen LogP contribution is -3.05. The maximum absolute atomic E-state index is 8.52. The van der Waals surface area contributed by atoms with Gasteiger partial charge in [0.05, 0.1) is 41.3 Å². The van der Waals surface area contributed by atoms with E-state index in [1.165, 1.54) is 35.7 Å². The highest BCUT2D eigenvalue weighted by molar-refractivity contribution is 7.79. The second-order valence-corrected chi connectivity index (χ2v) is 5.14. The van der Waals surface area contributed by atoms with Crippen LogP contribution in [0.25, 0.3) is 0 Å².